The van der Waals surface area contributed by atoms with Gasteiger partial charge in [-0.2, -0.15) is 0 Å². The van der Waals surface area contributed by atoms with E-state index in [0.717, 1.165) is 12.8 Å². The predicted molar refractivity (Wildman–Crippen MR) is 69.5 cm³/mol. The third kappa shape index (κ3) is 3.23. The Balaban J connectivity index is 2.71. The van der Waals surface area contributed by atoms with Crippen molar-refractivity contribution in [3.05, 3.63) is 0 Å². The van der Waals surface area contributed by atoms with Crippen molar-refractivity contribution in [3.8, 4) is 0 Å². The first-order valence-corrected chi connectivity index (χ1v) is 7.78. The van der Waals surface area contributed by atoms with Gasteiger partial charge in [0.05, 0.1) is 18.8 Å². The van der Waals surface area contributed by atoms with Crippen LogP contribution < -0.4 is 0 Å². The SMILES string of the molecule is COC(=O)[C@H](C)CS(=O)(=O)N(C)[C@H](C)C1(C)CC1. The summed E-state index contributed by atoms with van der Waals surface area (Å²) < 4.78 is 30.3. The Kier molecular flexibility index (Phi) is 4.43. The summed E-state index contributed by atoms with van der Waals surface area (Å²) in [6.45, 7) is 5.58. The largest absolute Gasteiger partial charge is 0.469 e. The first kappa shape index (κ1) is 15.4. The van der Waals surface area contributed by atoms with E-state index in [0.29, 0.717) is 0 Å². The molecule has 106 valence electrons. The first-order chi connectivity index (χ1) is 8.14. The molecule has 0 spiro atoms. The summed E-state index contributed by atoms with van der Waals surface area (Å²) >= 11 is 0. The quantitative estimate of drug-likeness (QED) is 0.685. The molecule has 0 aromatic rings. The minimum absolute atomic E-state index is 0.0349. The number of rotatable bonds is 6. The number of esters is 1. The minimum Gasteiger partial charge on any atom is -0.469 e. The molecule has 6 heteroatoms. The van der Waals surface area contributed by atoms with Crippen LogP contribution in [-0.4, -0.2) is 44.6 Å². The van der Waals surface area contributed by atoms with Crippen LogP contribution in [0.4, 0.5) is 0 Å². The number of carbonyl (C=O) groups is 1. The van der Waals surface area contributed by atoms with Crippen LogP contribution in [-0.2, 0) is 19.6 Å². The second kappa shape index (κ2) is 5.17. The van der Waals surface area contributed by atoms with Gasteiger partial charge in [-0.25, -0.2) is 12.7 Å². The van der Waals surface area contributed by atoms with Gasteiger partial charge in [-0.15, -0.1) is 0 Å². The van der Waals surface area contributed by atoms with E-state index in [-0.39, 0.29) is 17.2 Å². The molecule has 0 aliphatic heterocycles. The van der Waals surface area contributed by atoms with Crippen molar-refractivity contribution in [1.82, 2.24) is 4.31 Å². The Morgan fingerprint density at radius 2 is 1.89 bits per heavy atom. The molecule has 1 fully saturated rings. The van der Waals surface area contributed by atoms with Gasteiger partial charge in [-0.05, 0) is 25.2 Å². The molecule has 1 rings (SSSR count). The number of nitrogens with zero attached hydrogens (tertiary/aromatic N) is 1. The molecule has 0 unspecified atom stereocenters. The highest BCUT2D eigenvalue weighted by Gasteiger charge is 2.46. The summed E-state index contributed by atoms with van der Waals surface area (Å²) in [5.41, 5.74) is 0.0936. The van der Waals surface area contributed by atoms with Gasteiger partial charge < -0.3 is 4.74 Å². The zero-order valence-corrected chi connectivity index (χ0v) is 12.6. The Bertz CT molecular complexity index is 414. The van der Waals surface area contributed by atoms with Gasteiger partial charge in [0, 0.05) is 13.1 Å². The highest BCUT2D eigenvalue weighted by Crippen LogP contribution is 2.50. The molecule has 2 atom stereocenters. The number of hydrogen-bond acceptors (Lipinski definition) is 4. The van der Waals surface area contributed by atoms with E-state index in [2.05, 4.69) is 11.7 Å². The molecular formula is C12H23NO4S. The van der Waals surface area contributed by atoms with Crippen LogP contribution in [0.5, 0.6) is 0 Å². The van der Waals surface area contributed by atoms with Crippen LogP contribution in [0.3, 0.4) is 0 Å². The third-order valence-electron chi connectivity index (χ3n) is 4.10. The number of ether oxygens (including phenoxy) is 1. The van der Waals surface area contributed by atoms with Gasteiger partial charge in [0.1, 0.15) is 0 Å². The van der Waals surface area contributed by atoms with Gasteiger partial charge in [0.2, 0.25) is 10.0 Å². The summed E-state index contributed by atoms with van der Waals surface area (Å²) in [6, 6.07) is -0.0349. The van der Waals surface area contributed by atoms with Gasteiger partial charge in [-0.3, -0.25) is 4.79 Å². The fourth-order valence-corrected chi connectivity index (χ4v) is 3.74. The third-order valence-corrected chi connectivity index (χ3v) is 6.21. The topological polar surface area (TPSA) is 63.7 Å². The summed E-state index contributed by atoms with van der Waals surface area (Å²) in [5, 5.41) is 0. The first-order valence-electron chi connectivity index (χ1n) is 6.17. The van der Waals surface area contributed by atoms with E-state index in [4.69, 9.17) is 0 Å². The van der Waals surface area contributed by atoms with Crippen molar-refractivity contribution in [2.75, 3.05) is 19.9 Å². The van der Waals surface area contributed by atoms with E-state index in [1.165, 1.54) is 11.4 Å². The highest BCUT2D eigenvalue weighted by atomic mass is 32.2. The smallest absolute Gasteiger partial charge is 0.309 e. The van der Waals surface area contributed by atoms with Gasteiger partial charge >= 0.3 is 5.97 Å². The van der Waals surface area contributed by atoms with Crippen molar-refractivity contribution in [1.29, 1.82) is 0 Å². The normalized spacial score (nSPS) is 21.4. The zero-order chi connectivity index (χ0) is 14.1. The van der Waals surface area contributed by atoms with E-state index in [1.54, 1.807) is 14.0 Å². The van der Waals surface area contributed by atoms with E-state index >= 15 is 0 Å². The van der Waals surface area contributed by atoms with E-state index < -0.39 is 21.9 Å². The molecule has 0 aromatic carbocycles. The van der Waals surface area contributed by atoms with E-state index in [1.807, 2.05) is 6.92 Å². The standard InChI is InChI=1S/C12H23NO4S/c1-9(11(14)17-5)8-18(15,16)13(4)10(2)12(3)6-7-12/h9-10H,6-8H2,1-5H3/t9-,10-/m1/s1. The lowest BCUT2D eigenvalue weighted by Gasteiger charge is -2.29. The number of carbonyl (C=O) groups excluding carboxylic acids is 1. The van der Waals surface area contributed by atoms with Gasteiger partial charge in [0.25, 0.3) is 0 Å². The molecule has 0 amide bonds. The molecule has 0 aromatic heterocycles. The summed E-state index contributed by atoms with van der Waals surface area (Å²) in [4.78, 5) is 11.3. The average molecular weight is 277 g/mol. The number of methoxy groups -OCH3 is 1. The predicted octanol–water partition coefficient (Wildman–Crippen LogP) is 1.25. The lowest BCUT2D eigenvalue weighted by Crippen LogP contribution is -2.42. The van der Waals surface area contributed by atoms with Gasteiger partial charge in [0.15, 0.2) is 0 Å². The summed E-state index contributed by atoms with van der Waals surface area (Å²) in [7, 11) is -0.567. The fourth-order valence-electron chi connectivity index (χ4n) is 2.00. The molecular weight excluding hydrogens is 254 g/mol. The fraction of sp³-hybridized carbons (Fsp3) is 0.917. The van der Waals surface area contributed by atoms with Crippen LogP contribution in [0.1, 0.15) is 33.6 Å². The van der Waals surface area contributed by atoms with Crippen molar-refractivity contribution in [2.45, 2.75) is 39.7 Å². The molecule has 0 bridgehead atoms. The van der Waals surface area contributed by atoms with Crippen molar-refractivity contribution in [2.24, 2.45) is 11.3 Å². The molecule has 0 saturated heterocycles. The van der Waals surface area contributed by atoms with Crippen LogP contribution in [0.25, 0.3) is 0 Å². The Morgan fingerprint density at radius 1 is 1.39 bits per heavy atom. The van der Waals surface area contributed by atoms with Crippen LogP contribution in [0, 0.1) is 11.3 Å². The van der Waals surface area contributed by atoms with Gasteiger partial charge in [-0.1, -0.05) is 13.8 Å². The Labute approximate surface area is 110 Å². The van der Waals surface area contributed by atoms with Crippen LogP contribution >= 0.6 is 0 Å². The molecule has 18 heavy (non-hydrogen) atoms. The van der Waals surface area contributed by atoms with Crippen molar-refractivity contribution in [3.63, 3.8) is 0 Å². The maximum Gasteiger partial charge on any atom is 0.309 e. The summed E-state index contributed by atoms with van der Waals surface area (Å²) in [6.07, 6.45) is 2.11. The van der Waals surface area contributed by atoms with E-state index in [9.17, 15) is 13.2 Å². The maximum absolute atomic E-state index is 12.2. The summed E-state index contributed by atoms with van der Waals surface area (Å²) in [5.74, 6) is -1.32. The molecule has 0 N–H and O–H groups in total. The second-order valence-electron chi connectivity index (χ2n) is 5.55. The molecule has 0 radical (unpaired) electrons. The zero-order valence-electron chi connectivity index (χ0n) is 11.8. The molecule has 1 saturated carbocycles. The van der Waals surface area contributed by atoms with Crippen LogP contribution in [0.15, 0.2) is 0 Å². The monoisotopic (exact) mass is 277 g/mol. The molecule has 5 nitrogen and oxygen atoms in total. The lowest BCUT2D eigenvalue weighted by atomic mass is 10.0. The minimum atomic E-state index is -3.42. The average Bonchev–Trinajstić information content (AvgIpc) is 3.04. The van der Waals surface area contributed by atoms with Crippen molar-refractivity contribution < 1.29 is 17.9 Å². The molecule has 0 heterocycles. The Hall–Kier alpha value is -0.620. The number of sulfonamides is 1. The Morgan fingerprint density at radius 3 is 2.28 bits per heavy atom. The maximum atomic E-state index is 12.2. The molecule has 1 aliphatic carbocycles. The second-order valence-corrected chi connectivity index (χ2v) is 7.62. The lowest BCUT2D eigenvalue weighted by molar-refractivity contribution is -0.144. The highest BCUT2D eigenvalue weighted by molar-refractivity contribution is 7.89. The number of hydrogen-bond donors (Lipinski definition) is 0. The van der Waals surface area contributed by atoms with Crippen molar-refractivity contribution >= 4 is 16.0 Å². The molecule has 1 aliphatic rings. The van der Waals surface area contributed by atoms with Crippen LogP contribution in [0.2, 0.25) is 0 Å².